The van der Waals surface area contributed by atoms with Crippen LogP contribution in [-0.4, -0.2) is 7.11 Å². The Hall–Kier alpha value is -0.770. The summed E-state index contributed by atoms with van der Waals surface area (Å²) in [7, 11) is 1.57. The van der Waals surface area contributed by atoms with Crippen molar-refractivity contribution in [2.24, 2.45) is 0 Å². The van der Waals surface area contributed by atoms with Crippen molar-refractivity contribution >= 4 is 39.1 Å². The number of hydrogen-bond donors (Lipinski definition) is 0. The van der Waals surface area contributed by atoms with Crippen molar-refractivity contribution in [2.75, 3.05) is 7.11 Å². The fourth-order valence-electron chi connectivity index (χ4n) is 1.78. The molecule has 0 bridgehead atoms. The molecule has 0 radical (unpaired) electrons. The van der Waals surface area contributed by atoms with Crippen LogP contribution in [0.1, 0.15) is 16.5 Å². The Labute approximate surface area is 129 Å². The van der Waals surface area contributed by atoms with Crippen LogP contribution in [0.3, 0.4) is 0 Å². The first kappa shape index (κ1) is 14.6. The smallest absolute Gasteiger partial charge is 0.124 e. The lowest BCUT2D eigenvalue weighted by molar-refractivity contribution is 0.410. The molecule has 2 rings (SSSR count). The monoisotopic (exact) mass is 362 g/mol. The summed E-state index contributed by atoms with van der Waals surface area (Å²) in [5.74, 6) is 0.318. The average molecular weight is 364 g/mol. The Morgan fingerprint density at radius 1 is 1.16 bits per heavy atom. The highest BCUT2D eigenvalue weighted by molar-refractivity contribution is 9.10. The van der Waals surface area contributed by atoms with E-state index in [1.165, 1.54) is 12.1 Å². The molecular weight excluding hydrogens is 354 g/mol. The molecule has 0 N–H and O–H groups in total. The van der Waals surface area contributed by atoms with Gasteiger partial charge in [-0.3, -0.25) is 0 Å². The largest absolute Gasteiger partial charge is 0.496 e. The van der Waals surface area contributed by atoms with Crippen LogP contribution in [0, 0.1) is 5.82 Å². The minimum absolute atomic E-state index is 0.322. The van der Waals surface area contributed by atoms with Crippen molar-refractivity contribution in [3.63, 3.8) is 0 Å². The normalized spacial score (nSPS) is 12.3. The van der Waals surface area contributed by atoms with Crippen LogP contribution in [0.4, 0.5) is 4.39 Å². The van der Waals surface area contributed by atoms with Crippen molar-refractivity contribution in [1.29, 1.82) is 0 Å². The molecule has 2 aromatic rings. The maximum Gasteiger partial charge on any atom is 0.124 e. The lowest BCUT2D eigenvalue weighted by Gasteiger charge is -2.16. The SMILES string of the molecule is COc1ccc(Cl)cc1C(Cl)c1ccc(F)cc1Br. The Kier molecular flexibility index (Phi) is 4.71. The van der Waals surface area contributed by atoms with Gasteiger partial charge in [0.25, 0.3) is 0 Å². The van der Waals surface area contributed by atoms with Crippen LogP contribution in [0.5, 0.6) is 5.75 Å². The lowest BCUT2D eigenvalue weighted by Crippen LogP contribution is -1.99. The molecule has 1 nitrogen and oxygen atoms in total. The maximum atomic E-state index is 13.1. The molecule has 0 amide bonds. The molecule has 2 aromatic carbocycles. The van der Waals surface area contributed by atoms with E-state index in [4.69, 9.17) is 27.9 Å². The molecule has 100 valence electrons. The van der Waals surface area contributed by atoms with E-state index in [2.05, 4.69) is 15.9 Å². The van der Waals surface area contributed by atoms with E-state index in [0.717, 1.165) is 11.1 Å². The molecule has 1 atom stereocenters. The van der Waals surface area contributed by atoms with Gasteiger partial charge in [0.15, 0.2) is 0 Å². The summed E-state index contributed by atoms with van der Waals surface area (Å²) < 4.78 is 19.0. The van der Waals surface area contributed by atoms with E-state index in [-0.39, 0.29) is 5.82 Å². The number of methoxy groups -OCH3 is 1. The predicted molar refractivity (Wildman–Crippen MR) is 79.8 cm³/mol. The zero-order chi connectivity index (χ0) is 14.0. The van der Waals surface area contributed by atoms with E-state index in [1.54, 1.807) is 31.4 Å². The average Bonchev–Trinajstić information content (AvgIpc) is 2.38. The first-order chi connectivity index (χ1) is 9.02. The summed E-state index contributed by atoms with van der Waals surface area (Å²) in [4.78, 5) is 0. The molecule has 0 aliphatic heterocycles. The van der Waals surface area contributed by atoms with Crippen molar-refractivity contribution in [1.82, 2.24) is 0 Å². The minimum Gasteiger partial charge on any atom is -0.496 e. The molecule has 0 saturated heterocycles. The van der Waals surface area contributed by atoms with Crippen LogP contribution in [0.15, 0.2) is 40.9 Å². The number of benzene rings is 2. The summed E-state index contributed by atoms with van der Waals surface area (Å²) in [6, 6.07) is 9.61. The molecule has 0 fully saturated rings. The molecule has 19 heavy (non-hydrogen) atoms. The van der Waals surface area contributed by atoms with Gasteiger partial charge in [-0.2, -0.15) is 0 Å². The van der Waals surface area contributed by atoms with E-state index in [0.29, 0.717) is 15.2 Å². The Balaban J connectivity index is 2.49. The van der Waals surface area contributed by atoms with Crippen LogP contribution in [0.25, 0.3) is 0 Å². The summed E-state index contributed by atoms with van der Waals surface area (Å²) in [5, 5.41) is 0.0864. The third-order valence-corrected chi connectivity index (χ3v) is 4.09. The van der Waals surface area contributed by atoms with Crippen LogP contribution < -0.4 is 4.74 Å². The number of ether oxygens (including phenoxy) is 1. The van der Waals surface area contributed by atoms with Crippen molar-refractivity contribution < 1.29 is 9.13 Å². The molecule has 1 unspecified atom stereocenters. The zero-order valence-electron chi connectivity index (χ0n) is 9.96. The molecule has 0 spiro atoms. The third kappa shape index (κ3) is 3.22. The van der Waals surface area contributed by atoms with Gasteiger partial charge < -0.3 is 4.74 Å². The highest BCUT2D eigenvalue weighted by Gasteiger charge is 2.18. The van der Waals surface area contributed by atoms with E-state index in [1.807, 2.05) is 0 Å². The van der Waals surface area contributed by atoms with Gasteiger partial charge in [0.2, 0.25) is 0 Å². The van der Waals surface area contributed by atoms with Crippen molar-refractivity contribution in [3.8, 4) is 5.75 Å². The molecule has 0 heterocycles. The van der Waals surface area contributed by atoms with Gasteiger partial charge in [0.05, 0.1) is 12.5 Å². The summed E-state index contributed by atoms with van der Waals surface area (Å²) in [5.41, 5.74) is 1.49. The number of rotatable bonds is 3. The van der Waals surface area contributed by atoms with Gasteiger partial charge >= 0.3 is 0 Å². The second-order valence-corrected chi connectivity index (χ2v) is 5.64. The van der Waals surface area contributed by atoms with Crippen molar-refractivity contribution in [2.45, 2.75) is 5.38 Å². The molecule has 0 aliphatic carbocycles. The van der Waals surface area contributed by atoms with Gasteiger partial charge in [-0.25, -0.2) is 4.39 Å². The molecule has 0 saturated carbocycles. The van der Waals surface area contributed by atoms with Gasteiger partial charge in [0, 0.05) is 15.1 Å². The predicted octanol–water partition coefficient (Wildman–Crippen LogP) is 5.58. The quantitative estimate of drug-likeness (QED) is 0.647. The van der Waals surface area contributed by atoms with E-state index in [9.17, 15) is 4.39 Å². The fraction of sp³-hybridized carbons (Fsp3) is 0.143. The second kappa shape index (κ2) is 6.12. The Morgan fingerprint density at radius 2 is 1.89 bits per heavy atom. The Bertz CT molecular complexity index is 604. The summed E-state index contributed by atoms with van der Waals surface area (Å²) >= 11 is 15.8. The number of hydrogen-bond acceptors (Lipinski definition) is 1. The van der Waals surface area contributed by atoms with Crippen LogP contribution in [-0.2, 0) is 0 Å². The minimum atomic E-state index is -0.483. The molecular formula is C14H10BrCl2FO. The molecule has 5 heteroatoms. The Morgan fingerprint density at radius 3 is 2.53 bits per heavy atom. The number of alkyl halides is 1. The summed E-state index contributed by atoms with van der Waals surface area (Å²) in [6.45, 7) is 0. The standard InChI is InChI=1S/C14H10BrCl2FO/c1-19-13-5-2-8(16)6-11(13)14(17)10-4-3-9(18)7-12(10)15/h2-7,14H,1H3. The fourth-order valence-corrected chi connectivity index (χ4v) is 3.03. The van der Waals surface area contributed by atoms with Crippen LogP contribution >= 0.6 is 39.1 Å². The van der Waals surface area contributed by atoms with Crippen molar-refractivity contribution in [3.05, 3.63) is 62.8 Å². The lowest BCUT2D eigenvalue weighted by atomic mass is 10.0. The van der Waals surface area contributed by atoms with Crippen LogP contribution in [0.2, 0.25) is 5.02 Å². The van der Waals surface area contributed by atoms with Gasteiger partial charge in [-0.15, -0.1) is 11.6 Å². The van der Waals surface area contributed by atoms with Gasteiger partial charge in [0.1, 0.15) is 11.6 Å². The highest BCUT2D eigenvalue weighted by Crippen LogP contribution is 2.39. The number of halogens is 4. The second-order valence-electron chi connectivity index (χ2n) is 3.91. The maximum absolute atomic E-state index is 13.1. The summed E-state index contributed by atoms with van der Waals surface area (Å²) in [6.07, 6.45) is 0. The topological polar surface area (TPSA) is 9.23 Å². The first-order valence-electron chi connectivity index (χ1n) is 5.45. The molecule has 0 aliphatic rings. The third-order valence-electron chi connectivity index (χ3n) is 2.70. The van der Waals surface area contributed by atoms with E-state index < -0.39 is 5.38 Å². The first-order valence-corrected chi connectivity index (χ1v) is 7.06. The zero-order valence-corrected chi connectivity index (χ0v) is 13.1. The molecule has 0 aromatic heterocycles. The van der Waals surface area contributed by atoms with Gasteiger partial charge in [-0.05, 0) is 35.9 Å². The van der Waals surface area contributed by atoms with E-state index >= 15 is 0 Å². The highest BCUT2D eigenvalue weighted by atomic mass is 79.9. The van der Waals surface area contributed by atoms with Gasteiger partial charge in [-0.1, -0.05) is 33.6 Å².